The first-order valence-corrected chi connectivity index (χ1v) is 11.5. The predicted molar refractivity (Wildman–Crippen MR) is 134 cm³/mol. The first-order chi connectivity index (χ1) is 15.1. The number of unbranched alkanes of at least 4 members (excludes halogenated alkanes) is 2. The Labute approximate surface area is 186 Å². The summed E-state index contributed by atoms with van der Waals surface area (Å²) in [6, 6.07) is 22.9. The van der Waals surface area contributed by atoms with Gasteiger partial charge in [0.1, 0.15) is 11.5 Å². The van der Waals surface area contributed by atoms with Gasteiger partial charge < -0.3 is 10.2 Å². The zero-order valence-corrected chi connectivity index (χ0v) is 18.9. The number of hydrogen-bond donors (Lipinski definition) is 2. The van der Waals surface area contributed by atoms with Gasteiger partial charge in [-0.25, -0.2) is 0 Å². The number of rotatable bonds is 6. The monoisotopic (exact) mass is 414 g/mol. The SMILES string of the molecule is CCCCCC(C)CC.Oc1ccc2ccccc2c1-c1c(O)ccc2ccccc12. The summed E-state index contributed by atoms with van der Waals surface area (Å²) in [5.74, 6) is 1.30. The van der Waals surface area contributed by atoms with E-state index < -0.39 is 0 Å². The average Bonchev–Trinajstić information content (AvgIpc) is 2.80. The lowest BCUT2D eigenvalue weighted by atomic mass is 9.92. The Morgan fingerprint density at radius 1 is 0.645 bits per heavy atom. The van der Waals surface area contributed by atoms with Crippen LogP contribution in [0.4, 0.5) is 0 Å². The van der Waals surface area contributed by atoms with Gasteiger partial charge in [-0.05, 0) is 39.6 Å². The summed E-state index contributed by atoms with van der Waals surface area (Å²) in [5.41, 5.74) is 1.35. The van der Waals surface area contributed by atoms with Gasteiger partial charge in [-0.2, -0.15) is 0 Å². The Balaban J connectivity index is 0.000000259. The second-order valence-electron chi connectivity index (χ2n) is 8.37. The molecule has 2 N–H and O–H groups in total. The van der Waals surface area contributed by atoms with Crippen molar-refractivity contribution in [3.05, 3.63) is 72.8 Å². The van der Waals surface area contributed by atoms with Crippen LogP contribution < -0.4 is 0 Å². The molecule has 2 nitrogen and oxygen atoms in total. The van der Waals surface area contributed by atoms with E-state index in [1.165, 1.54) is 32.1 Å². The average molecular weight is 415 g/mol. The van der Waals surface area contributed by atoms with Crippen LogP contribution in [0.25, 0.3) is 32.7 Å². The van der Waals surface area contributed by atoms with E-state index in [0.29, 0.717) is 11.1 Å². The smallest absolute Gasteiger partial charge is 0.124 e. The fourth-order valence-corrected chi connectivity index (χ4v) is 3.99. The van der Waals surface area contributed by atoms with Crippen LogP contribution in [-0.2, 0) is 0 Å². The molecule has 0 amide bonds. The predicted octanol–water partition coefficient (Wildman–Crippen LogP) is 8.68. The molecule has 1 atom stereocenters. The molecule has 4 aromatic carbocycles. The second-order valence-corrected chi connectivity index (χ2v) is 8.37. The van der Waals surface area contributed by atoms with Crippen LogP contribution in [0.15, 0.2) is 72.8 Å². The van der Waals surface area contributed by atoms with Gasteiger partial charge in [0.25, 0.3) is 0 Å². The minimum Gasteiger partial charge on any atom is -0.507 e. The molecule has 0 saturated carbocycles. The summed E-state index contributed by atoms with van der Waals surface area (Å²) in [7, 11) is 0. The summed E-state index contributed by atoms with van der Waals surface area (Å²) >= 11 is 0. The number of hydrogen-bond acceptors (Lipinski definition) is 2. The minimum atomic E-state index is 0.172. The first-order valence-electron chi connectivity index (χ1n) is 11.5. The molecule has 0 bridgehead atoms. The topological polar surface area (TPSA) is 40.5 Å². The van der Waals surface area contributed by atoms with Crippen LogP contribution in [0.3, 0.4) is 0 Å². The standard InChI is InChI=1S/C20H14O2.C9H20/c21-17-11-9-13-5-1-3-7-15(13)19(17)20-16-8-4-2-6-14(16)10-12-18(20)22;1-4-6-7-8-9(3)5-2/h1-12,21-22H;9H,4-8H2,1-3H3. The number of phenols is 2. The fourth-order valence-electron chi connectivity index (χ4n) is 3.99. The molecular weight excluding hydrogens is 380 g/mol. The summed E-state index contributed by atoms with van der Waals surface area (Å²) in [5, 5.41) is 24.8. The highest BCUT2D eigenvalue weighted by Gasteiger charge is 2.16. The third kappa shape index (κ3) is 5.38. The maximum Gasteiger partial charge on any atom is 0.124 e. The summed E-state index contributed by atoms with van der Waals surface area (Å²) < 4.78 is 0. The van der Waals surface area contributed by atoms with Gasteiger partial charge in [0.2, 0.25) is 0 Å². The molecule has 0 aliphatic rings. The molecule has 0 radical (unpaired) electrons. The van der Waals surface area contributed by atoms with Crippen LogP contribution >= 0.6 is 0 Å². The van der Waals surface area contributed by atoms with Crippen LogP contribution in [0.5, 0.6) is 11.5 Å². The fraction of sp³-hybridized carbons (Fsp3) is 0.310. The maximum absolute atomic E-state index is 10.4. The van der Waals surface area contributed by atoms with Crippen molar-refractivity contribution in [1.82, 2.24) is 0 Å². The van der Waals surface area contributed by atoms with Crippen LogP contribution in [0.1, 0.15) is 52.9 Å². The van der Waals surface area contributed by atoms with E-state index in [2.05, 4.69) is 20.8 Å². The zero-order valence-electron chi connectivity index (χ0n) is 18.9. The van der Waals surface area contributed by atoms with Gasteiger partial charge in [0.05, 0.1) is 0 Å². The minimum absolute atomic E-state index is 0.172. The molecule has 0 aromatic heterocycles. The van der Waals surface area contributed by atoms with Crippen LogP contribution in [-0.4, -0.2) is 10.2 Å². The van der Waals surface area contributed by atoms with E-state index >= 15 is 0 Å². The van der Waals surface area contributed by atoms with E-state index in [1.807, 2.05) is 60.7 Å². The Kier molecular flexibility index (Phi) is 7.94. The van der Waals surface area contributed by atoms with Gasteiger partial charge in [-0.3, -0.25) is 0 Å². The van der Waals surface area contributed by atoms with Crippen molar-refractivity contribution in [1.29, 1.82) is 0 Å². The lowest BCUT2D eigenvalue weighted by Gasteiger charge is -2.14. The lowest BCUT2D eigenvalue weighted by molar-refractivity contribution is 0.470. The number of benzene rings is 4. The summed E-state index contributed by atoms with van der Waals surface area (Å²) in [6.45, 7) is 6.88. The molecule has 162 valence electrons. The Morgan fingerprint density at radius 2 is 1.13 bits per heavy atom. The Hall–Kier alpha value is -3.00. The number of aromatic hydroxyl groups is 2. The van der Waals surface area contributed by atoms with Crippen molar-refractivity contribution in [3.63, 3.8) is 0 Å². The van der Waals surface area contributed by atoms with Crippen molar-refractivity contribution in [2.45, 2.75) is 52.9 Å². The van der Waals surface area contributed by atoms with E-state index in [0.717, 1.165) is 27.5 Å². The molecule has 0 heterocycles. The van der Waals surface area contributed by atoms with E-state index in [4.69, 9.17) is 0 Å². The Bertz CT molecular complexity index is 1050. The Morgan fingerprint density at radius 3 is 1.58 bits per heavy atom. The molecule has 0 aliphatic carbocycles. The van der Waals surface area contributed by atoms with Gasteiger partial charge in [0.15, 0.2) is 0 Å². The van der Waals surface area contributed by atoms with Crippen molar-refractivity contribution in [2.24, 2.45) is 5.92 Å². The zero-order chi connectivity index (χ0) is 22.2. The van der Waals surface area contributed by atoms with Gasteiger partial charge >= 0.3 is 0 Å². The van der Waals surface area contributed by atoms with Crippen LogP contribution in [0, 0.1) is 5.92 Å². The highest BCUT2D eigenvalue weighted by molar-refractivity contribution is 6.09. The van der Waals surface area contributed by atoms with Crippen LogP contribution in [0.2, 0.25) is 0 Å². The van der Waals surface area contributed by atoms with Gasteiger partial charge in [-0.15, -0.1) is 0 Å². The van der Waals surface area contributed by atoms with Gasteiger partial charge in [-0.1, -0.05) is 114 Å². The van der Waals surface area contributed by atoms with Crippen molar-refractivity contribution < 1.29 is 10.2 Å². The lowest BCUT2D eigenvalue weighted by Crippen LogP contribution is -1.90. The molecule has 1 unspecified atom stereocenters. The van der Waals surface area contributed by atoms with Gasteiger partial charge in [0, 0.05) is 11.1 Å². The molecule has 4 rings (SSSR count). The largest absolute Gasteiger partial charge is 0.507 e. The molecule has 4 aromatic rings. The summed E-state index contributed by atoms with van der Waals surface area (Å²) in [6.07, 6.45) is 7.00. The highest BCUT2D eigenvalue weighted by Crippen LogP contribution is 2.44. The van der Waals surface area contributed by atoms with Crippen molar-refractivity contribution in [2.75, 3.05) is 0 Å². The molecule has 0 fully saturated rings. The normalized spacial score (nSPS) is 11.8. The van der Waals surface area contributed by atoms with E-state index in [9.17, 15) is 10.2 Å². The molecule has 0 aliphatic heterocycles. The number of phenolic OH excluding ortho intramolecular Hbond substituents is 2. The first kappa shape index (κ1) is 22.7. The molecular formula is C29H34O2. The molecule has 0 spiro atoms. The molecule has 0 saturated heterocycles. The molecule has 2 heteroatoms. The molecule has 31 heavy (non-hydrogen) atoms. The third-order valence-corrected chi connectivity index (χ3v) is 6.06. The second kappa shape index (κ2) is 10.9. The number of fused-ring (bicyclic) bond motifs is 2. The van der Waals surface area contributed by atoms with Crippen molar-refractivity contribution >= 4 is 21.5 Å². The quantitative estimate of drug-likeness (QED) is 0.310. The van der Waals surface area contributed by atoms with E-state index in [1.54, 1.807) is 12.1 Å². The highest BCUT2D eigenvalue weighted by atomic mass is 16.3. The summed E-state index contributed by atoms with van der Waals surface area (Å²) in [4.78, 5) is 0. The van der Waals surface area contributed by atoms with Crippen molar-refractivity contribution in [3.8, 4) is 22.6 Å². The maximum atomic E-state index is 10.4. The third-order valence-electron chi connectivity index (χ3n) is 6.06. The van der Waals surface area contributed by atoms with E-state index in [-0.39, 0.29) is 11.5 Å².